The van der Waals surface area contributed by atoms with Crippen molar-refractivity contribution in [1.82, 2.24) is 20.0 Å². The Labute approximate surface area is 227 Å². The van der Waals surface area contributed by atoms with Crippen LogP contribution in [0.1, 0.15) is 30.4 Å². The van der Waals surface area contributed by atoms with E-state index in [0.717, 1.165) is 43.5 Å². The van der Waals surface area contributed by atoms with Crippen LogP contribution in [0.3, 0.4) is 0 Å². The predicted molar refractivity (Wildman–Crippen MR) is 145 cm³/mol. The van der Waals surface area contributed by atoms with Crippen LogP contribution >= 0.6 is 23.2 Å². The fraction of sp³-hybridized carbons (Fsp3) is 0.481. The fourth-order valence-corrected chi connectivity index (χ4v) is 6.31. The number of carbonyl (C=O) groups is 2. The van der Waals surface area contributed by atoms with E-state index >= 15 is 0 Å². The molecule has 2 fully saturated rings. The summed E-state index contributed by atoms with van der Waals surface area (Å²) in [5.41, 5.74) is 1.50. The van der Waals surface area contributed by atoms with Gasteiger partial charge >= 0.3 is 6.03 Å². The van der Waals surface area contributed by atoms with Gasteiger partial charge in [0.15, 0.2) is 0 Å². The Morgan fingerprint density at radius 3 is 2.59 bits per heavy atom. The number of rotatable bonds is 6. The van der Waals surface area contributed by atoms with E-state index in [1.807, 2.05) is 41.3 Å². The van der Waals surface area contributed by atoms with E-state index < -0.39 is 5.54 Å². The highest BCUT2D eigenvalue weighted by molar-refractivity contribution is 6.31. The molecule has 2 atom stereocenters. The second-order valence-corrected chi connectivity index (χ2v) is 10.9. The van der Waals surface area contributed by atoms with Gasteiger partial charge in [-0.25, -0.2) is 4.79 Å². The minimum Gasteiger partial charge on any atom is -0.395 e. The maximum atomic E-state index is 13.9. The number of β-amino-alcohol motifs (C(OH)–C–C–N with tert-alkyl or cyclic N) is 1. The number of piperidine rings is 1. The van der Waals surface area contributed by atoms with Crippen molar-refractivity contribution in [3.05, 3.63) is 63.6 Å². The summed E-state index contributed by atoms with van der Waals surface area (Å²) in [6, 6.07) is 13.0. The van der Waals surface area contributed by atoms with Crippen LogP contribution in [0.15, 0.2) is 42.5 Å². The minimum atomic E-state index is -1.01. The van der Waals surface area contributed by atoms with Gasteiger partial charge in [-0.3, -0.25) is 14.6 Å². The molecule has 3 aliphatic rings. The molecular formula is C27H33Cl2N5O3. The molecule has 1 unspecified atom stereocenters. The molecule has 0 aromatic heterocycles. The van der Waals surface area contributed by atoms with Crippen LogP contribution in [0.2, 0.25) is 10.0 Å². The van der Waals surface area contributed by atoms with Crippen molar-refractivity contribution in [2.45, 2.75) is 37.4 Å². The minimum absolute atomic E-state index is 0.117. The summed E-state index contributed by atoms with van der Waals surface area (Å²) in [4.78, 5) is 33.4. The number of urea groups is 1. The molecule has 37 heavy (non-hydrogen) atoms. The summed E-state index contributed by atoms with van der Waals surface area (Å²) in [5.74, 6) is -0.122. The summed E-state index contributed by atoms with van der Waals surface area (Å²) in [6.07, 6.45) is 2.76. The number of nitrogens with one attached hydrogen (secondary N) is 2. The summed E-state index contributed by atoms with van der Waals surface area (Å²) >= 11 is 12.6. The summed E-state index contributed by atoms with van der Waals surface area (Å²) in [6.45, 7) is 4.09. The van der Waals surface area contributed by atoms with E-state index in [1.165, 1.54) is 0 Å². The van der Waals surface area contributed by atoms with Crippen molar-refractivity contribution >= 4 is 40.8 Å². The largest absolute Gasteiger partial charge is 0.395 e. The van der Waals surface area contributed by atoms with Gasteiger partial charge in [0.2, 0.25) is 5.91 Å². The van der Waals surface area contributed by atoms with Gasteiger partial charge in [-0.05, 0) is 49.1 Å². The van der Waals surface area contributed by atoms with Crippen LogP contribution in [0, 0.1) is 0 Å². The van der Waals surface area contributed by atoms with Crippen LogP contribution in [0.25, 0.3) is 0 Å². The van der Waals surface area contributed by atoms with Crippen molar-refractivity contribution in [3.8, 4) is 0 Å². The lowest BCUT2D eigenvalue weighted by atomic mass is 9.81. The number of anilines is 1. The third-order valence-electron chi connectivity index (χ3n) is 7.76. The zero-order valence-corrected chi connectivity index (χ0v) is 22.3. The van der Waals surface area contributed by atoms with Crippen molar-refractivity contribution in [2.75, 3.05) is 51.2 Å². The van der Waals surface area contributed by atoms with Gasteiger partial charge in [-0.2, -0.15) is 0 Å². The Bertz CT molecular complexity index is 1160. The van der Waals surface area contributed by atoms with E-state index in [-0.39, 0.29) is 24.7 Å². The van der Waals surface area contributed by atoms with Gasteiger partial charge in [-0.15, -0.1) is 0 Å². The monoisotopic (exact) mass is 545 g/mol. The normalized spacial score (nSPS) is 24.6. The molecule has 2 aromatic carbocycles. The van der Waals surface area contributed by atoms with Crippen LogP contribution in [0.4, 0.5) is 10.5 Å². The quantitative estimate of drug-likeness (QED) is 0.516. The topological polar surface area (TPSA) is 88.2 Å². The number of benzene rings is 2. The second kappa shape index (κ2) is 11.2. The molecule has 0 radical (unpaired) electrons. The zero-order chi connectivity index (χ0) is 26.0. The van der Waals surface area contributed by atoms with Crippen LogP contribution in [0.5, 0.6) is 0 Å². The lowest BCUT2D eigenvalue weighted by molar-refractivity contribution is -0.131. The number of piperazine rings is 1. The fourth-order valence-electron chi connectivity index (χ4n) is 5.92. The number of fused-ring (bicyclic) bond motifs is 1. The third kappa shape index (κ3) is 5.31. The summed E-state index contributed by atoms with van der Waals surface area (Å²) in [5, 5.41) is 16.7. The molecule has 3 aliphatic heterocycles. The molecule has 10 heteroatoms. The molecule has 5 rings (SSSR count). The number of aliphatic hydroxyl groups is 1. The smallest absolute Gasteiger partial charge is 0.318 e. The van der Waals surface area contributed by atoms with E-state index in [9.17, 15) is 14.7 Å². The molecule has 3 N–H and O–H groups in total. The van der Waals surface area contributed by atoms with E-state index in [1.54, 1.807) is 6.07 Å². The summed E-state index contributed by atoms with van der Waals surface area (Å²) in [7, 11) is 0. The molecular weight excluding hydrogens is 513 g/mol. The first-order valence-electron chi connectivity index (χ1n) is 12.9. The van der Waals surface area contributed by atoms with E-state index in [4.69, 9.17) is 23.2 Å². The molecule has 0 saturated carbocycles. The molecule has 0 spiro atoms. The van der Waals surface area contributed by atoms with Gasteiger partial charge in [0.1, 0.15) is 5.54 Å². The Morgan fingerprint density at radius 2 is 1.84 bits per heavy atom. The summed E-state index contributed by atoms with van der Waals surface area (Å²) < 4.78 is 0. The first-order chi connectivity index (χ1) is 17.9. The lowest BCUT2D eigenvalue weighted by Gasteiger charge is -2.47. The maximum Gasteiger partial charge on any atom is 0.318 e. The van der Waals surface area contributed by atoms with E-state index in [0.29, 0.717) is 48.3 Å². The van der Waals surface area contributed by atoms with Gasteiger partial charge in [0.25, 0.3) is 0 Å². The van der Waals surface area contributed by atoms with Crippen molar-refractivity contribution in [3.63, 3.8) is 0 Å². The zero-order valence-electron chi connectivity index (χ0n) is 20.8. The molecule has 198 valence electrons. The number of likely N-dealkylation sites (tertiary alicyclic amines) is 1. The van der Waals surface area contributed by atoms with Crippen LogP contribution in [-0.4, -0.2) is 83.8 Å². The molecule has 3 heterocycles. The number of hydrogen-bond acceptors (Lipinski definition) is 5. The molecule has 0 bridgehead atoms. The molecule has 2 aromatic rings. The number of nitrogens with zero attached hydrogens (tertiary/aromatic N) is 3. The van der Waals surface area contributed by atoms with Gasteiger partial charge in [0.05, 0.1) is 12.8 Å². The number of hydrogen-bond donors (Lipinski definition) is 3. The Hall–Kier alpha value is -2.36. The Balaban J connectivity index is 1.45. The first-order valence-corrected chi connectivity index (χ1v) is 13.7. The molecule has 0 aliphatic carbocycles. The van der Waals surface area contributed by atoms with Gasteiger partial charge < -0.3 is 20.6 Å². The highest BCUT2D eigenvalue weighted by Gasteiger charge is 2.54. The van der Waals surface area contributed by atoms with E-state index in [2.05, 4.69) is 20.4 Å². The van der Waals surface area contributed by atoms with Gasteiger partial charge in [-0.1, -0.05) is 41.4 Å². The number of aliphatic hydroxyl groups excluding tert-OH is 1. The lowest BCUT2D eigenvalue weighted by Crippen LogP contribution is -2.64. The number of halogens is 2. The molecule has 2 saturated heterocycles. The van der Waals surface area contributed by atoms with Crippen molar-refractivity contribution < 1.29 is 14.7 Å². The SMILES string of the molecule is O=C(NC1CCCCN1[C@]1(Cc2cccc(Cl)c2)C(=O)Nc2cc(Cl)ccc21)N1CCN(CCO)CC1. The predicted octanol–water partition coefficient (Wildman–Crippen LogP) is 3.52. The van der Waals surface area contributed by atoms with Crippen LogP contribution in [-0.2, 0) is 16.8 Å². The average molecular weight is 546 g/mol. The first kappa shape index (κ1) is 26.3. The Kier molecular flexibility index (Phi) is 7.93. The number of carbonyl (C=O) groups excluding carboxylic acids is 2. The van der Waals surface area contributed by atoms with Gasteiger partial charge in [0, 0.05) is 67.0 Å². The van der Waals surface area contributed by atoms with Crippen LogP contribution < -0.4 is 10.6 Å². The average Bonchev–Trinajstić information content (AvgIpc) is 3.15. The second-order valence-electron chi connectivity index (χ2n) is 10.0. The highest BCUT2D eigenvalue weighted by Crippen LogP contribution is 2.46. The number of amides is 3. The Morgan fingerprint density at radius 1 is 1.05 bits per heavy atom. The molecule has 8 nitrogen and oxygen atoms in total. The maximum absolute atomic E-state index is 13.9. The highest BCUT2D eigenvalue weighted by atomic mass is 35.5. The molecule has 3 amide bonds. The standard InChI is InChI=1S/C27H33Cl2N5O3/c28-20-5-3-4-19(16-20)18-27(22-8-7-21(29)17-23(22)30-25(27)36)34-9-2-1-6-24(34)31-26(37)33-12-10-32(11-13-33)14-15-35/h3-5,7-8,16-17,24,35H,1-2,6,9-15,18H2,(H,30,36)(H,31,37)/t24?,27-/m0/s1. The van der Waals surface area contributed by atoms with Crippen molar-refractivity contribution in [1.29, 1.82) is 0 Å². The van der Waals surface area contributed by atoms with Crippen molar-refractivity contribution in [2.24, 2.45) is 0 Å². The third-order valence-corrected chi connectivity index (χ3v) is 8.23.